The number of hydrogen-bond acceptors (Lipinski definition) is 4. The number of H-pyrrole nitrogens is 1. The summed E-state index contributed by atoms with van der Waals surface area (Å²) in [5, 5.41) is 10.5. The van der Waals surface area contributed by atoms with Gasteiger partial charge < -0.3 is 14.8 Å². The summed E-state index contributed by atoms with van der Waals surface area (Å²) in [6, 6.07) is 5.72. The van der Waals surface area contributed by atoms with E-state index < -0.39 is 5.41 Å². The largest absolute Gasteiger partial charge is 0.493 e. The lowest BCUT2D eigenvalue weighted by atomic mass is 9.77. The molecule has 1 aliphatic rings. The number of benzene rings is 1. The van der Waals surface area contributed by atoms with Gasteiger partial charge in [0, 0.05) is 11.3 Å². The summed E-state index contributed by atoms with van der Waals surface area (Å²) in [7, 11) is 3.24. The van der Waals surface area contributed by atoms with Crippen molar-refractivity contribution < 1.29 is 14.3 Å². The summed E-state index contributed by atoms with van der Waals surface area (Å²) in [5.41, 5.74) is 3.44. The van der Waals surface area contributed by atoms with Crippen molar-refractivity contribution in [1.29, 1.82) is 0 Å². The molecule has 1 unspecified atom stereocenters. The molecular formula is C21H29N3O3. The van der Waals surface area contributed by atoms with Crippen molar-refractivity contribution in [2.24, 2.45) is 0 Å². The third kappa shape index (κ3) is 3.40. The first-order chi connectivity index (χ1) is 12.9. The highest BCUT2D eigenvalue weighted by Gasteiger charge is 2.43. The quantitative estimate of drug-likeness (QED) is 0.811. The third-order valence-corrected chi connectivity index (χ3v) is 5.79. The van der Waals surface area contributed by atoms with Gasteiger partial charge in [0.2, 0.25) is 5.91 Å². The lowest BCUT2D eigenvalue weighted by Crippen LogP contribution is -2.43. The van der Waals surface area contributed by atoms with Crippen LogP contribution in [0.4, 0.5) is 0 Å². The van der Waals surface area contributed by atoms with E-state index in [-0.39, 0.29) is 11.9 Å². The zero-order valence-corrected chi connectivity index (χ0v) is 16.8. The number of hydrogen-bond donors (Lipinski definition) is 2. The van der Waals surface area contributed by atoms with Gasteiger partial charge in [-0.15, -0.1) is 0 Å². The Balaban J connectivity index is 1.92. The molecule has 0 radical (unpaired) electrons. The highest BCUT2D eigenvalue weighted by molar-refractivity contribution is 5.89. The molecule has 1 atom stereocenters. The highest BCUT2D eigenvalue weighted by Crippen LogP contribution is 2.44. The molecule has 1 saturated carbocycles. The minimum Gasteiger partial charge on any atom is -0.493 e. The molecule has 0 spiro atoms. The monoisotopic (exact) mass is 371 g/mol. The second-order valence-corrected chi connectivity index (χ2v) is 7.40. The van der Waals surface area contributed by atoms with E-state index in [0.29, 0.717) is 11.5 Å². The Morgan fingerprint density at radius 3 is 2.41 bits per heavy atom. The molecule has 1 aromatic carbocycles. The molecule has 1 aliphatic carbocycles. The first-order valence-corrected chi connectivity index (χ1v) is 9.48. The number of carbonyl (C=O) groups is 1. The van der Waals surface area contributed by atoms with Crippen LogP contribution in [0.3, 0.4) is 0 Å². The van der Waals surface area contributed by atoms with Crippen LogP contribution in [0.2, 0.25) is 0 Å². The van der Waals surface area contributed by atoms with Crippen LogP contribution in [0.1, 0.15) is 61.2 Å². The maximum atomic E-state index is 13.4. The van der Waals surface area contributed by atoms with Crippen LogP contribution < -0.4 is 14.8 Å². The molecule has 1 aromatic heterocycles. The first kappa shape index (κ1) is 19.3. The number of aromatic nitrogens is 2. The van der Waals surface area contributed by atoms with Crippen LogP contribution in [-0.2, 0) is 10.2 Å². The summed E-state index contributed by atoms with van der Waals surface area (Å²) >= 11 is 0. The maximum Gasteiger partial charge on any atom is 0.231 e. The fraction of sp³-hybridized carbons (Fsp3) is 0.524. The van der Waals surface area contributed by atoms with E-state index in [4.69, 9.17) is 9.47 Å². The van der Waals surface area contributed by atoms with Crippen LogP contribution in [0, 0.1) is 13.8 Å². The number of aryl methyl sites for hydroxylation is 2. The van der Waals surface area contributed by atoms with Crippen LogP contribution in [0.25, 0.3) is 0 Å². The zero-order valence-electron chi connectivity index (χ0n) is 16.8. The van der Waals surface area contributed by atoms with Crippen LogP contribution in [0.5, 0.6) is 11.5 Å². The number of aromatic amines is 1. The van der Waals surface area contributed by atoms with Gasteiger partial charge in [0.25, 0.3) is 0 Å². The molecule has 0 aliphatic heterocycles. The Bertz CT molecular complexity index is 803. The normalized spacial score (nSPS) is 16.8. The second-order valence-electron chi connectivity index (χ2n) is 7.40. The molecule has 1 heterocycles. The van der Waals surface area contributed by atoms with E-state index in [1.165, 1.54) is 0 Å². The summed E-state index contributed by atoms with van der Waals surface area (Å²) < 4.78 is 10.8. The van der Waals surface area contributed by atoms with Crippen LogP contribution >= 0.6 is 0 Å². The number of nitrogens with zero attached hydrogens (tertiary/aromatic N) is 1. The predicted octanol–water partition coefficient (Wildman–Crippen LogP) is 3.73. The van der Waals surface area contributed by atoms with Crippen molar-refractivity contribution in [3.8, 4) is 11.5 Å². The molecule has 0 saturated heterocycles. The van der Waals surface area contributed by atoms with Crippen molar-refractivity contribution in [1.82, 2.24) is 15.5 Å². The van der Waals surface area contributed by atoms with E-state index in [1.54, 1.807) is 14.2 Å². The van der Waals surface area contributed by atoms with E-state index >= 15 is 0 Å². The fourth-order valence-corrected chi connectivity index (χ4v) is 4.36. The standard InChI is InChI=1S/C21H29N3O3/c1-13(19-14(2)23-24-15(19)3)22-20(25)21(10-6-7-11-21)16-8-9-17(26-4)18(12-16)27-5/h8-9,12-13H,6-7,10-11H2,1-5H3,(H,22,25)(H,23,24). The molecule has 3 rings (SSSR count). The van der Waals surface area contributed by atoms with Gasteiger partial charge in [-0.25, -0.2) is 0 Å². The first-order valence-electron chi connectivity index (χ1n) is 9.48. The molecule has 146 valence electrons. The Morgan fingerprint density at radius 1 is 1.19 bits per heavy atom. The van der Waals surface area contributed by atoms with Gasteiger partial charge in [-0.3, -0.25) is 9.89 Å². The van der Waals surface area contributed by atoms with Crippen LogP contribution in [0.15, 0.2) is 18.2 Å². The van der Waals surface area contributed by atoms with Gasteiger partial charge in [0.05, 0.1) is 31.4 Å². The van der Waals surface area contributed by atoms with Crippen molar-refractivity contribution in [3.63, 3.8) is 0 Å². The number of rotatable bonds is 6. The molecular weight excluding hydrogens is 342 g/mol. The summed E-state index contributed by atoms with van der Waals surface area (Å²) in [4.78, 5) is 13.4. The lowest BCUT2D eigenvalue weighted by molar-refractivity contribution is -0.127. The molecule has 27 heavy (non-hydrogen) atoms. The van der Waals surface area contributed by atoms with Gasteiger partial charge in [-0.2, -0.15) is 5.10 Å². The topological polar surface area (TPSA) is 76.2 Å². The number of amides is 1. The van der Waals surface area contributed by atoms with E-state index in [2.05, 4.69) is 15.5 Å². The van der Waals surface area contributed by atoms with Crippen molar-refractivity contribution in [3.05, 3.63) is 40.7 Å². The van der Waals surface area contributed by atoms with Gasteiger partial charge >= 0.3 is 0 Å². The van der Waals surface area contributed by atoms with Crippen LogP contribution in [-0.4, -0.2) is 30.3 Å². The predicted molar refractivity (Wildman–Crippen MR) is 104 cm³/mol. The van der Waals surface area contributed by atoms with E-state index in [9.17, 15) is 4.79 Å². The van der Waals surface area contributed by atoms with Crippen molar-refractivity contribution in [2.75, 3.05) is 14.2 Å². The van der Waals surface area contributed by atoms with Gasteiger partial charge in [-0.05, 0) is 51.3 Å². The Kier molecular flexibility index (Phi) is 5.44. The molecule has 6 nitrogen and oxygen atoms in total. The summed E-state index contributed by atoms with van der Waals surface area (Å²) in [5.74, 6) is 1.40. The lowest BCUT2D eigenvalue weighted by Gasteiger charge is -2.30. The van der Waals surface area contributed by atoms with E-state index in [0.717, 1.165) is 48.2 Å². The second kappa shape index (κ2) is 7.62. The van der Waals surface area contributed by atoms with Crippen molar-refractivity contribution in [2.45, 2.75) is 57.9 Å². The molecule has 2 N–H and O–H groups in total. The van der Waals surface area contributed by atoms with Gasteiger partial charge in [0.1, 0.15) is 0 Å². The number of methoxy groups -OCH3 is 2. The SMILES string of the molecule is COc1ccc(C2(C(=O)NC(C)c3c(C)n[nH]c3C)CCCC2)cc1OC. The molecule has 0 bridgehead atoms. The number of carbonyl (C=O) groups excluding carboxylic acids is 1. The smallest absolute Gasteiger partial charge is 0.231 e. The minimum absolute atomic E-state index is 0.0692. The van der Waals surface area contributed by atoms with Gasteiger partial charge in [-0.1, -0.05) is 18.9 Å². The average Bonchev–Trinajstić information content (AvgIpc) is 3.28. The van der Waals surface area contributed by atoms with E-state index in [1.807, 2.05) is 39.0 Å². The Hall–Kier alpha value is -2.50. The minimum atomic E-state index is -0.528. The molecule has 2 aromatic rings. The highest BCUT2D eigenvalue weighted by atomic mass is 16.5. The summed E-state index contributed by atoms with van der Waals surface area (Å²) in [6.45, 7) is 5.96. The number of ether oxygens (including phenoxy) is 2. The maximum absolute atomic E-state index is 13.4. The molecule has 1 amide bonds. The Labute approximate surface area is 160 Å². The summed E-state index contributed by atoms with van der Waals surface area (Å²) in [6.07, 6.45) is 3.76. The Morgan fingerprint density at radius 2 is 1.85 bits per heavy atom. The molecule has 6 heteroatoms. The van der Waals surface area contributed by atoms with Gasteiger partial charge in [0.15, 0.2) is 11.5 Å². The number of nitrogens with one attached hydrogen (secondary N) is 2. The molecule has 1 fully saturated rings. The van der Waals surface area contributed by atoms with Crippen molar-refractivity contribution >= 4 is 5.91 Å². The third-order valence-electron chi connectivity index (χ3n) is 5.79. The zero-order chi connectivity index (χ0) is 19.6. The average molecular weight is 371 g/mol. The fourth-order valence-electron chi connectivity index (χ4n) is 4.36.